The number of thiazole rings is 1. The molecule has 4 rings (SSSR count). The van der Waals surface area contributed by atoms with Gasteiger partial charge in [0.1, 0.15) is 0 Å². The molecule has 2 heterocycles. The zero-order chi connectivity index (χ0) is 21.3. The number of likely N-dealkylation sites (N-methyl/N-ethyl adjacent to an activating group) is 1. The molecule has 1 amide bonds. The van der Waals surface area contributed by atoms with E-state index < -0.39 is 0 Å². The number of hydrogen-bond acceptors (Lipinski definition) is 5. The summed E-state index contributed by atoms with van der Waals surface area (Å²) in [6.07, 6.45) is 0. The summed E-state index contributed by atoms with van der Waals surface area (Å²) in [7, 11) is 1.89. The minimum Gasteiger partial charge on any atom is -0.350 e. The highest BCUT2D eigenvalue weighted by Gasteiger charge is 2.18. The van der Waals surface area contributed by atoms with Crippen LogP contribution in [0.5, 0.6) is 0 Å². The lowest BCUT2D eigenvalue weighted by Gasteiger charge is -2.15. The summed E-state index contributed by atoms with van der Waals surface area (Å²) in [6.45, 7) is 6.88. The predicted octanol–water partition coefficient (Wildman–Crippen LogP) is 4.16. The van der Waals surface area contributed by atoms with E-state index in [1.807, 2.05) is 53.9 Å². The number of amides is 1. The molecule has 0 aliphatic rings. The molecule has 0 atom stereocenters. The Morgan fingerprint density at radius 2 is 1.93 bits per heavy atom. The Bertz CT molecular complexity index is 1210. The molecule has 0 bridgehead atoms. The van der Waals surface area contributed by atoms with E-state index in [4.69, 9.17) is 4.98 Å². The summed E-state index contributed by atoms with van der Waals surface area (Å²) in [5.41, 5.74) is 6.23. The molecule has 6 nitrogen and oxygen atoms in total. The van der Waals surface area contributed by atoms with Crippen molar-refractivity contribution in [2.24, 2.45) is 0 Å². The first kappa shape index (κ1) is 20.1. The van der Waals surface area contributed by atoms with Gasteiger partial charge in [0, 0.05) is 13.6 Å². The molecule has 30 heavy (non-hydrogen) atoms. The lowest BCUT2D eigenvalue weighted by atomic mass is 10.1. The van der Waals surface area contributed by atoms with Crippen LogP contribution in [-0.2, 0) is 11.3 Å². The van der Waals surface area contributed by atoms with E-state index >= 15 is 0 Å². The number of aromatic nitrogens is 3. The largest absolute Gasteiger partial charge is 0.350 e. The van der Waals surface area contributed by atoms with E-state index in [-0.39, 0.29) is 12.5 Å². The van der Waals surface area contributed by atoms with Crippen LogP contribution in [0.3, 0.4) is 0 Å². The van der Waals surface area contributed by atoms with Crippen LogP contribution in [0.15, 0.2) is 48.5 Å². The standard InChI is InChI=1S/C23H25N5OS/c1-15-8-7-11-19(12-15)28-22-21(17(3)26-28)30-23(25-22)27(4)14-20(29)24-13-18-10-6-5-9-16(18)2/h5-12H,13-14H2,1-4H3,(H,24,29). The van der Waals surface area contributed by atoms with Crippen molar-refractivity contribution in [3.63, 3.8) is 0 Å². The molecule has 4 aromatic rings. The van der Waals surface area contributed by atoms with Crippen molar-refractivity contribution in [2.75, 3.05) is 18.5 Å². The lowest BCUT2D eigenvalue weighted by molar-refractivity contribution is -0.119. The second kappa shape index (κ2) is 8.28. The third-order valence-electron chi connectivity index (χ3n) is 5.07. The average Bonchev–Trinajstić information content (AvgIpc) is 3.28. The van der Waals surface area contributed by atoms with Crippen molar-refractivity contribution in [3.05, 3.63) is 70.9 Å². The Balaban J connectivity index is 1.50. The molecule has 2 aromatic heterocycles. The second-order valence-electron chi connectivity index (χ2n) is 7.54. The number of carbonyl (C=O) groups is 1. The summed E-state index contributed by atoms with van der Waals surface area (Å²) >= 11 is 1.56. The Labute approximate surface area is 180 Å². The summed E-state index contributed by atoms with van der Waals surface area (Å²) < 4.78 is 2.92. The monoisotopic (exact) mass is 419 g/mol. The number of carbonyl (C=O) groups excluding carboxylic acids is 1. The number of nitrogens with zero attached hydrogens (tertiary/aromatic N) is 4. The van der Waals surface area contributed by atoms with Gasteiger partial charge in [-0.05, 0) is 49.6 Å². The third-order valence-corrected chi connectivity index (χ3v) is 6.34. The number of nitrogens with one attached hydrogen (secondary N) is 1. The number of rotatable bonds is 6. The minimum absolute atomic E-state index is 0.0305. The molecule has 0 spiro atoms. The summed E-state index contributed by atoms with van der Waals surface area (Å²) in [6, 6.07) is 16.3. The molecule has 7 heteroatoms. The van der Waals surface area contributed by atoms with Gasteiger partial charge in [0.05, 0.1) is 22.6 Å². The first-order chi connectivity index (χ1) is 14.4. The van der Waals surface area contributed by atoms with Crippen LogP contribution in [0.2, 0.25) is 0 Å². The van der Waals surface area contributed by atoms with Gasteiger partial charge in [-0.25, -0.2) is 4.68 Å². The summed E-state index contributed by atoms with van der Waals surface area (Å²) in [5.74, 6) is -0.0305. The van der Waals surface area contributed by atoms with Gasteiger partial charge in [0.25, 0.3) is 0 Å². The zero-order valence-electron chi connectivity index (χ0n) is 17.6. The van der Waals surface area contributed by atoms with E-state index in [1.165, 1.54) is 11.1 Å². The number of hydrogen-bond donors (Lipinski definition) is 1. The van der Waals surface area contributed by atoms with Gasteiger partial charge in [-0.3, -0.25) is 4.79 Å². The fourth-order valence-corrected chi connectivity index (χ4v) is 4.31. The smallest absolute Gasteiger partial charge is 0.239 e. The molecule has 1 N–H and O–H groups in total. The number of anilines is 1. The highest BCUT2D eigenvalue weighted by molar-refractivity contribution is 7.22. The third kappa shape index (κ3) is 4.07. The molecular formula is C23H25N5OS. The predicted molar refractivity (Wildman–Crippen MR) is 123 cm³/mol. The molecule has 2 aromatic carbocycles. The van der Waals surface area contributed by atoms with E-state index in [2.05, 4.69) is 42.5 Å². The Kier molecular flexibility index (Phi) is 5.55. The number of fused-ring (bicyclic) bond motifs is 1. The van der Waals surface area contributed by atoms with E-state index in [1.54, 1.807) is 11.3 Å². The fourth-order valence-electron chi connectivity index (χ4n) is 3.37. The zero-order valence-corrected chi connectivity index (χ0v) is 18.5. The van der Waals surface area contributed by atoms with Crippen molar-refractivity contribution >= 4 is 32.7 Å². The molecular weight excluding hydrogens is 394 g/mol. The molecule has 0 unspecified atom stereocenters. The van der Waals surface area contributed by atoms with Crippen LogP contribution in [0.1, 0.15) is 22.4 Å². The topological polar surface area (TPSA) is 63.1 Å². The fraction of sp³-hybridized carbons (Fsp3) is 0.261. The SMILES string of the molecule is Cc1cccc(-n2nc(C)c3sc(N(C)CC(=O)NCc4ccccc4C)nc32)c1. The van der Waals surface area contributed by atoms with Crippen molar-refractivity contribution in [1.29, 1.82) is 0 Å². The minimum atomic E-state index is -0.0305. The maximum absolute atomic E-state index is 12.5. The number of aryl methyl sites for hydroxylation is 3. The molecule has 0 aliphatic heterocycles. The van der Waals surface area contributed by atoms with Crippen molar-refractivity contribution in [3.8, 4) is 5.69 Å². The van der Waals surface area contributed by atoms with Gasteiger partial charge < -0.3 is 10.2 Å². The van der Waals surface area contributed by atoms with Gasteiger partial charge in [-0.15, -0.1) is 0 Å². The second-order valence-corrected chi connectivity index (χ2v) is 8.52. The normalized spacial score (nSPS) is 11.1. The maximum Gasteiger partial charge on any atom is 0.239 e. The highest BCUT2D eigenvalue weighted by atomic mass is 32.1. The van der Waals surface area contributed by atoms with Gasteiger partial charge >= 0.3 is 0 Å². The van der Waals surface area contributed by atoms with Crippen molar-refractivity contribution < 1.29 is 4.79 Å². The highest BCUT2D eigenvalue weighted by Crippen LogP contribution is 2.32. The Morgan fingerprint density at radius 3 is 2.70 bits per heavy atom. The van der Waals surface area contributed by atoms with E-state index in [0.29, 0.717) is 6.54 Å². The molecule has 0 aliphatic carbocycles. The molecule has 0 radical (unpaired) electrons. The van der Waals surface area contributed by atoms with Gasteiger partial charge in [-0.2, -0.15) is 10.1 Å². The van der Waals surface area contributed by atoms with Gasteiger partial charge in [0.2, 0.25) is 5.91 Å². The average molecular weight is 420 g/mol. The first-order valence-corrected chi connectivity index (χ1v) is 10.7. The first-order valence-electron chi connectivity index (χ1n) is 9.88. The van der Waals surface area contributed by atoms with Crippen LogP contribution >= 0.6 is 11.3 Å². The van der Waals surface area contributed by atoms with E-state index in [9.17, 15) is 4.79 Å². The molecule has 0 fully saturated rings. The molecule has 154 valence electrons. The van der Waals surface area contributed by atoms with Crippen LogP contribution < -0.4 is 10.2 Å². The lowest BCUT2D eigenvalue weighted by Crippen LogP contribution is -2.34. The quantitative estimate of drug-likeness (QED) is 0.510. The summed E-state index contributed by atoms with van der Waals surface area (Å²) in [4.78, 5) is 19.1. The van der Waals surface area contributed by atoms with Gasteiger partial charge in [0.15, 0.2) is 10.8 Å². The Morgan fingerprint density at radius 1 is 1.13 bits per heavy atom. The van der Waals surface area contributed by atoms with Crippen molar-refractivity contribution in [2.45, 2.75) is 27.3 Å². The van der Waals surface area contributed by atoms with Gasteiger partial charge in [-0.1, -0.05) is 47.7 Å². The summed E-state index contributed by atoms with van der Waals surface area (Å²) in [5, 5.41) is 8.47. The van der Waals surface area contributed by atoms with Crippen LogP contribution in [0, 0.1) is 20.8 Å². The molecule has 0 saturated heterocycles. The van der Waals surface area contributed by atoms with Crippen LogP contribution in [0.4, 0.5) is 5.13 Å². The van der Waals surface area contributed by atoms with Crippen molar-refractivity contribution in [1.82, 2.24) is 20.1 Å². The Hall–Kier alpha value is -3.19. The number of benzene rings is 2. The maximum atomic E-state index is 12.5. The van der Waals surface area contributed by atoms with E-state index in [0.717, 1.165) is 32.4 Å². The van der Waals surface area contributed by atoms with Crippen LogP contribution in [-0.4, -0.2) is 34.3 Å². The molecule has 0 saturated carbocycles. The van der Waals surface area contributed by atoms with Crippen LogP contribution in [0.25, 0.3) is 16.0 Å².